The second kappa shape index (κ2) is 5.11. The molecule has 0 atom stereocenters. The standard InChI is InChI=1S/C17H15NO4/c1-18(2)11-5-3-10(4-6-11)15-9-14(20)12-7-8-13(19)16(21)17(12)22-15/h3-9,19,21H,1-2H3. The van der Waals surface area contributed by atoms with Gasteiger partial charge in [-0.15, -0.1) is 0 Å². The average molecular weight is 297 g/mol. The van der Waals surface area contributed by atoms with Gasteiger partial charge in [0.2, 0.25) is 5.75 Å². The number of benzene rings is 2. The Morgan fingerprint density at radius 1 is 1.00 bits per heavy atom. The highest BCUT2D eigenvalue weighted by atomic mass is 16.4. The number of rotatable bonds is 2. The topological polar surface area (TPSA) is 73.9 Å². The zero-order valence-electron chi connectivity index (χ0n) is 12.2. The van der Waals surface area contributed by atoms with Gasteiger partial charge >= 0.3 is 0 Å². The minimum absolute atomic E-state index is 0.0146. The van der Waals surface area contributed by atoms with Crippen molar-refractivity contribution in [2.75, 3.05) is 19.0 Å². The second-order valence-electron chi connectivity index (χ2n) is 5.23. The molecule has 22 heavy (non-hydrogen) atoms. The number of phenols is 2. The van der Waals surface area contributed by atoms with E-state index in [2.05, 4.69) is 0 Å². The summed E-state index contributed by atoms with van der Waals surface area (Å²) >= 11 is 0. The van der Waals surface area contributed by atoms with Crippen molar-refractivity contribution in [3.05, 3.63) is 52.7 Å². The molecular formula is C17H15NO4. The molecule has 2 N–H and O–H groups in total. The van der Waals surface area contributed by atoms with Crippen LogP contribution in [-0.2, 0) is 0 Å². The van der Waals surface area contributed by atoms with E-state index in [0.717, 1.165) is 5.69 Å². The highest BCUT2D eigenvalue weighted by Gasteiger charge is 2.13. The van der Waals surface area contributed by atoms with E-state index in [-0.39, 0.29) is 22.1 Å². The smallest absolute Gasteiger partial charge is 0.201 e. The molecule has 3 aromatic rings. The molecule has 0 aliphatic carbocycles. The summed E-state index contributed by atoms with van der Waals surface area (Å²) in [6.45, 7) is 0. The van der Waals surface area contributed by atoms with E-state index >= 15 is 0 Å². The van der Waals surface area contributed by atoms with Gasteiger partial charge in [0.25, 0.3) is 0 Å². The van der Waals surface area contributed by atoms with E-state index in [9.17, 15) is 15.0 Å². The molecule has 0 amide bonds. The van der Waals surface area contributed by atoms with Gasteiger partial charge in [-0.3, -0.25) is 4.79 Å². The van der Waals surface area contributed by atoms with Crippen LogP contribution in [-0.4, -0.2) is 24.3 Å². The lowest BCUT2D eigenvalue weighted by Crippen LogP contribution is -2.08. The molecular weight excluding hydrogens is 282 g/mol. The summed E-state index contributed by atoms with van der Waals surface area (Å²) in [6, 6.07) is 11.5. The van der Waals surface area contributed by atoms with E-state index in [1.165, 1.54) is 18.2 Å². The summed E-state index contributed by atoms with van der Waals surface area (Å²) in [5.41, 5.74) is 1.45. The van der Waals surface area contributed by atoms with Gasteiger partial charge in [0.1, 0.15) is 5.76 Å². The molecule has 3 rings (SSSR count). The monoisotopic (exact) mass is 297 g/mol. The van der Waals surface area contributed by atoms with Crippen LogP contribution in [0, 0.1) is 0 Å². The lowest BCUT2D eigenvalue weighted by Gasteiger charge is -2.12. The first kappa shape index (κ1) is 14.0. The largest absolute Gasteiger partial charge is 0.504 e. The Kier molecular flexibility index (Phi) is 3.25. The third-order valence-electron chi connectivity index (χ3n) is 3.52. The van der Waals surface area contributed by atoms with Gasteiger partial charge in [-0.25, -0.2) is 0 Å². The number of hydrogen-bond acceptors (Lipinski definition) is 5. The van der Waals surface area contributed by atoms with E-state index in [0.29, 0.717) is 11.3 Å². The normalized spacial score (nSPS) is 10.8. The molecule has 2 aromatic carbocycles. The van der Waals surface area contributed by atoms with E-state index < -0.39 is 5.75 Å². The Morgan fingerprint density at radius 3 is 2.32 bits per heavy atom. The fraction of sp³-hybridized carbons (Fsp3) is 0.118. The number of fused-ring (bicyclic) bond motifs is 1. The summed E-state index contributed by atoms with van der Waals surface area (Å²) in [7, 11) is 3.87. The Hall–Kier alpha value is -2.95. The molecule has 0 unspecified atom stereocenters. The first-order chi connectivity index (χ1) is 10.5. The van der Waals surface area contributed by atoms with Crippen molar-refractivity contribution in [1.82, 2.24) is 0 Å². The maximum atomic E-state index is 12.2. The first-order valence-corrected chi connectivity index (χ1v) is 6.74. The van der Waals surface area contributed by atoms with Crippen LogP contribution in [0.4, 0.5) is 5.69 Å². The molecule has 5 heteroatoms. The van der Waals surface area contributed by atoms with E-state index in [1.54, 1.807) is 0 Å². The summed E-state index contributed by atoms with van der Waals surface area (Å²) in [6.07, 6.45) is 0. The molecule has 1 aromatic heterocycles. The van der Waals surface area contributed by atoms with Gasteiger partial charge in [-0.05, 0) is 36.4 Å². The van der Waals surface area contributed by atoms with Crippen molar-refractivity contribution in [2.45, 2.75) is 0 Å². The summed E-state index contributed by atoms with van der Waals surface area (Å²) in [5, 5.41) is 19.7. The van der Waals surface area contributed by atoms with Crippen molar-refractivity contribution in [1.29, 1.82) is 0 Å². The van der Waals surface area contributed by atoms with Crippen LogP contribution >= 0.6 is 0 Å². The second-order valence-corrected chi connectivity index (χ2v) is 5.23. The molecule has 0 aliphatic heterocycles. The van der Waals surface area contributed by atoms with E-state index in [4.69, 9.17) is 4.42 Å². The number of anilines is 1. The Balaban J connectivity index is 2.19. The molecule has 112 valence electrons. The van der Waals surface area contributed by atoms with Crippen LogP contribution in [0.25, 0.3) is 22.3 Å². The van der Waals surface area contributed by atoms with Gasteiger partial charge in [0, 0.05) is 31.4 Å². The van der Waals surface area contributed by atoms with Crippen LogP contribution in [0.1, 0.15) is 0 Å². The summed E-state index contributed by atoms with van der Waals surface area (Å²) < 4.78 is 5.62. The highest BCUT2D eigenvalue weighted by molar-refractivity contribution is 5.86. The van der Waals surface area contributed by atoms with Crippen LogP contribution in [0.3, 0.4) is 0 Å². The summed E-state index contributed by atoms with van der Waals surface area (Å²) in [5.74, 6) is -0.416. The zero-order chi connectivity index (χ0) is 15.9. The zero-order valence-corrected chi connectivity index (χ0v) is 12.2. The van der Waals surface area contributed by atoms with Crippen molar-refractivity contribution < 1.29 is 14.6 Å². The first-order valence-electron chi connectivity index (χ1n) is 6.74. The highest BCUT2D eigenvalue weighted by Crippen LogP contribution is 2.34. The third-order valence-corrected chi connectivity index (χ3v) is 3.52. The lowest BCUT2D eigenvalue weighted by molar-refractivity contribution is 0.400. The van der Waals surface area contributed by atoms with Crippen molar-refractivity contribution in [2.24, 2.45) is 0 Å². The lowest BCUT2D eigenvalue weighted by atomic mass is 10.1. The fourth-order valence-corrected chi connectivity index (χ4v) is 2.26. The number of nitrogens with zero attached hydrogens (tertiary/aromatic N) is 1. The molecule has 0 bridgehead atoms. The minimum atomic E-state index is -0.429. The van der Waals surface area contributed by atoms with Gasteiger partial charge in [0.05, 0.1) is 5.39 Å². The van der Waals surface area contributed by atoms with Gasteiger partial charge in [-0.2, -0.15) is 0 Å². The summed E-state index contributed by atoms with van der Waals surface area (Å²) in [4.78, 5) is 14.1. The molecule has 0 spiro atoms. The predicted octanol–water partition coefficient (Wildman–Crippen LogP) is 2.94. The van der Waals surface area contributed by atoms with Gasteiger partial charge in [-0.1, -0.05) is 0 Å². The maximum absolute atomic E-state index is 12.2. The predicted molar refractivity (Wildman–Crippen MR) is 85.6 cm³/mol. The van der Waals surface area contributed by atoms with Gasteiger partial charge in [0.15, 0.2) is 16.8 Å². The number of hydrogen-bond donors (Lipinski definition) is 2. The third kappa shape index (κ3) is 2.26. The van der Waals surface area contributed by atoms with E-state index in [1.807, 2.05) is 43.3 Å². The van der Waals surface area contributed by atoms with Crippen molar-refractivity contribution in [3.8, 4) is 22.8 Å². The Labute approximate surface area is 126 Å². The van der Waals surface area contributed by atoms with Gasteiger partial charge < -0.3 is 19.5 Å². The van der Waals surface area contributed by atoms with Crippen LogP contribution in [0.2, 0.25) is 0 Å². The van der Waals surface area contributed by atoms with Crippen LogP contribution in [0.15, 0.2) is 51.7 Å². The minimum Gasteiger partial charge on any atom is -0.504 e. The number of phenolic OH excluding ortho intramolecular Hbond substituents is 2. The molecule has 1 heterocycles. The van der Waals surface area contributed by atoms with Crippen molar-refractivity contribution >= 4 is 16.7 Å². The molecule has 5 nitrogen and oxygen atoms in total. The van der Waals surface area contributed by atoms with Crippen LogP contribution in [0.5, 0.6) is 11.5 Å². The molecule has 0 fully saturated rings. The molecule has 0 saturated heterocycles. The quantitative estimate of drug-likeness (QED) is 0.711. The Bertz CT molecular complexity index is 895. The molecule has 0 saturated carbocycles. The fourth-order valence-electron chi connectivity index (χ4n) is 2.26. The maximum Gasteiger partial charge on any atom is 0.201 e. The Morgan fingerprint density at radius 2 is 1.68 bits per heavy atom. The molecule has 0 radical (unpaired) electrons. The SMILES string of the molecule is CN(C)c1ccc(-c2cc(=O)c3ccc(O)c(O)c3o2)cc1. The van der Waals surface area contributed by atoms with Crippen LogP contribution < -0.4 is 10.3 Å². The molecule has 0 aliphatic rings. The number of aromatic hydroxyl groups is 2. The average Bonchev–Trinajstić information content (AvgIpc) is 2.51. The van der Waals surface area contributed by atoms with Crippen molar-refractivity contribution in [3.63, 3.8) is 0 Å².